The molecule has 2 aromatic carbocycles. The fourth-order valence-electron chi connectivity index (χ4n) is 4.24. The van der Waals surface area contributed by atoms with Crippen molar-refractivity contribution in [3.8, 4) is 17.2 Å². The van der Waals surface area contributed by atoms with E-state index in [-0.39, 0.29) is 23.3 Å². The van der Waals surface area contributed by atoms with E-state index in [1.54, 1.807) is 25.3 Å². The summed E-state index contributed by atoms with van der Waals surface area (Å²) in [5, 5.41) is 4.18. The smallest absolute Gasteiger partial charge is 0.283 e. The van der Waals surface area contributed by atoms with Crippen LogP contribution in [0.25, 0.3) is 27.6 Å². The van der Waals surface area contributed by atoms with Crippen LogP contribution in [0.1, 0.15) is 12.8 Å². The van der Waals surface area contributed by atoms with E-state index in [0.29, 0.717) is 39.9 Å². The Morgan fingerprint density at radius 1 is 1.23 bits per heavy atom. The van der Waals surface area contributed by atoms with Crippen LogP contribution in [0.15, 0.2) is 52.4 Å². The first-order chi connectivity index (χ1) is 17.1. The topological polar surface area (TPSA) is 107 Å². The molecule has 1 saturated heterocycles. The van der Waals surface area contributed by atoms with Gasteiger partial charge in [-0.1, -0.05) is 30.0 Å². The maximum atomic E-state index is 13.7. The number of hydrogen-bond acceptors (Lipinski definition) is 7. The van der Waals surface area contributed by atoms with Crippen LogP contribution in [0.3, 0.4) is 0 Å². The maximum absolute atomic E-state index is 13.7. The van der Waals surface area contributed by atoms with Crippen LogP contribution >= 0.6 is 11.8 Å². The van der Waals surface area contributed by atoms with Crippen LogP contribution in [0.5, 0.6) is 11.5 Å². The van der Waals surface area contributed by atoms with Gasteiger partial charge in [0.1, 0.15) is 11.0 Å². The molecule has 0 saturated carbocycles. The van der Waals surface area contributed by atoms with Gasteiger partial charge in [0.2, 0.25) is 5.91 Å². The minimum atomic E-state index is -0.263. The van der Waals surface area contributed by atoms with E-state index in [0.717, 1.165) is 30.4 Å². The quantitative estimate of drug-likeness (QED) is 0.286. The molecule has 3 heterocycles. The number of aromatic nitrogens is 3. The van der Waals surface area contributed by atoms with E-state index < -0.39 is 0 Å². The highest BCUT2D eigenvalue weighted by Crippen LogP contribution is 2.31. The average Bonchev–Trinajstić information content (AvgIpc) is 3.54. The normalized spacial score (nSPS) is 15.5. The molecule has 35 heavy (non-hydrogen) atoms. The molecule has 2 N–H and O–H groups in total. The number of ether oxygens (including phenoxy) is 3. The van der Waals surface area contributed by atoms with Gasteiger partial charge in [-0.05, 0) is 31.0 Å². The molecule has 5 rings (SSSR count). The highest BCUT2D eigenvalue weighted by atomic mass is 32.2. The molecule has 1 amide bonds. The van der Waals surface area contributed by atoms with E-state index in [1.807, 2.05) is 24.3 Å². The van der Waals surface area contributed by atoms with Gasteiger partial charge in [0.05, 0.1) is 31.8 Å². The first-order valence-corrected chi connectivity index (χ1v) is 12.3. The molecule has 2 aromatic heterocycles. The van der Waals surface area contributed by atoms with Crippen molar-refractivity contribution in [1.82, 2.24) is 19.9 Å². The minimum Gasteiger partial charge on any atom is -0.493 e. The number of H-pyrrole nitrogens is 1. The molecule has 9 nitrogen and oxygen atoms in total. The van der Waals surface area contributed by atoms with E-state index in [2.05, 4.69) is 10.3 Å². The number of para-hydroxylation sites is 1. The van der Waals surface area contributed by atoms with Gasteiger partial charge in [0.25, 0.3) is 5.56 Å². The van der Waals surface area contributed by atoms with Crippen molar-refractivity contribution >= 4 is 39.6 Å². The molecule has 1 aliphatic heterocycles. The lowest BCUT2D eigenvalue weighted by Gasteiger charge is -2.15. The monoisotopic (exact) mass is 494 g/mol. The summed E-state index contributed by atoms with van der Waals surface area (Å²) in [6.45, 7) is 1.22. The Morgan fingerprint density at radius 2 is 2.06 bits per heavy atom. The van der Waals surface area contributed by atoms with Crippen LogP contribution in [0.4, 0.5) is 0 Å². The second kappa shape index (κ2) is 10.0. The number of aromatic amines is 1. The standard InChI is InChI=1S/C25H26N4O5S/c1-32-19-10-9-15(12-20(19)33-2)29-24(31)23-22(17-7-3-4-8-18(17)27-23)28-25(29)35-14-21(30)26-13-16-6-5-11-34-16/h3-4,7-10,12,16,27H,5-6,11,13-14H2,1-2H3,(H,26,30)/t16-/m0/s1. The summed E-state index contributed by atoms with van der Waals surface area (Å²) in [6, 6.07) is 12.9. The summed E-state index contributed by atoms with van der Waals surface area (Å²) in [5.74, 6) is 1.00. The highest BCUT2D eigenvalue weighted by molar-refractivity contribution is 7.99. The molecule has 4 aromatic rings. The van der Waals surface area contributed by atoms with Crippen molar-refractivity contribution in [2.45, 2.75) is 24.1 Å². The summed E-state index contributed by atoms with van der Waals surface area (Å²) in [7, 11) is 3.09. The van der Waals surface area contributed by atoms with E-state index in [1.165, 1.54) is 23.4 Å². The zero-order chi connectivity index (χ0) is 24.4. The largest absolute Gasteiger partial charge is 0.493 e. The predicted molar refractivity (Wildman–Crippen MR) is 135 cm³/mol. The third-order valence-electron chi connectivity index (χ3n) is 6.00. The van der Waals surface area contributed by atoms with Crippen LogP contribution in [0, 0.1) is 0 Å². The number of nitrogens with zero attached hydrogens (tertiary/aromatic N) is 2. The van der Waals surface area contributed by atoms with Crippen LogP contribution in [-0.2, 0) is 9.53 Å². The number of fused-ring (bicyclic) bond motifs is 3. The number of carbonyl (C=O) groups is 1. The molecule has 0 aliphatic carbocycles. The molecule has 0 spiro atoms. The zero-order valence-electron chi connectivity index (χ0n) is 19.5. The lowest BCUT2D eigenvalue weighted by molar-refractivity contribution is -0.119. The Morgan fingerprint density at radius 3 is 2.83 bits per heavy atom. The molecule has 0 radical (unpaired) electrons. The molecular weight excluding hydrogens is 468 g/mol. The predicted octanol–water partition coefficient (Wildman–Crippen LogP) is 3.27. The molecule has 1 aliphatic rings. The number of hydrogen-bond donors (Lipinski definition) is 2. The first kappa shape index (κ1) is 23.3. The van der Waals surface area contributed by atoms with Crippen LogP contribution in [-0.4, -0.2) is 59.7 Å². The van der Waals surface area contributed by atoms with E-state index >= 15 is 0 Å². The fourth-order valence-corrected chi connectivity index (χ4v) is 5.08. The van der Waals surface area contributed by atoms with Gasteiger partial charge in [-0.2, -0.15) is 0 Å². The average molecular weight is 495 g/mol. The number of thioether (sulfide) groups is 1. The fraction of sp³-hybridized carbons (Fsp3) is 0.320. The Hall–Kier alpha value is -3.50. The van der Waals surface area contributed by atoms with Gasteiger partial charge in [-0.25, -0.2) is 4.98 Å². The van der Waals surface area contributed by atoms with Gasteiger partial charge >= 0.3 is 0 Å². The zero-order valence-corrected chi connectivity index (χ0v) is 20.3. The maximum Gasteiger partial charge on any atom is 0.283 e. The van der Waals surface area contributed by atoms with E-state index in [4.69, 9.17) is 19.2 Å². The first-order valence-electron chi connectivity index (χ1n) is 11.4. The van der Waals surface area contributed by atoms with Crippen molar-refractivity contribution in [2.75, 3.05) is 33.1 Å². The van der Waals surface area contributed by atoms with Gasteiger partial charge in [-0.15, -0.1) is 0 Å². The van der Waals surface area contributed by atoms with E-state index in [9.17, 15) is 9.59 Å². The van der Waals surface area contributed by atoms with Crippen molar-refractivity contribution in [1.29, 1.82) is 0 Å². The summed E-state index contributed by atoms with van der Waals surface area (Å²) in [6.07, 6.45) is 2.03. The van der Waals surface area contributed by atoms with Crippen molar-refractivity contribution < 1.29 is 19.0 Å². The minimum absolute atomic E-state index is 0.0644. The Labute approximate surface area is 205 Å². The molecule has 0 bridgehead atoms. The summed E-state index contributed by atoms with van der Waals surface area (Å²) >= 11 is 1.21. The SMILES string of the molecule is COc1ccc(-n2c(SCC(=O)NC[C@@H]3CCCO3)nc3c([nH]c4ccccc43)c2=O)cc1OC. The number of amides is 1. The lowest BCUT2D eigenvalue weighted by atomic mass is 10.2. The molecule has 0 unspecified atom stereocenters. The highest BCUT2D eigenvalue weighted by Gasteiger charge is 2.20. The van der Waals surface area contributed by atoms with Gasteiger partial charge in [0, 0.05) is 30.1 Å². The number of benzene rings is 2. The molecule has 182 valence electrons. The van der Waals surface area contributed by atoms with Crippen molar-refractivity contribution in [2.24, 2.45) is 0 Å². The molecular formula is C25H26N4O5S. The lowest BCUT2D eigenvalue weighted by Crippen LogP contribution is -2.33. The summed E-state index contributed by atoms with van der Waals surface area (Å²) in [5.41, 5.74) is 2.09. The molecule has 1 fully saturated rings. The summed E-state index contributed by atoms with van der Waals surface area (Å²) in [4.78, 5) is 34.3. The summed E-state index contributed by atoms with van der Waals surface area (Å²) < 4.78 is 17.9. The Bertz CT molecular complexity index is 1440. The Balaban J connectivity index is 1.54. The van der Waals surface area contributed by atoms with Crippen molar-refractivity contribution in [3.63, 3.8) is 0 Å². The second-order valence-corrected chi connectivity index (χ2v) is 9.14. The molecule has 10 heteroatoms. The third-order valence-corrected chi connectivity index (χ3v) is 6.94. The van der Waals surface area contributed by atoms with Crippen LogP contribution in [0.2, 0.25) is 0 Å². The number of carbonyl (C=O) groups excluding carboxylic acids is 1. The van der Waals surface area contributed by atoms with Crippen LogP contribution < -0.4 is 20.3 Å². The van der Waals surface area contributed by atoms with Gasteiger partial charge < -0.3 is 24.5 Å². The van der Waals surface area contributed by atoms with Gasteiger partial charge in [-0.3, -0.25) is 14.2 Å². The third kappa shape index (κ3) is 4.59. The number of rotatable bonds is 8. The van der Waals surface area contributed by atoms with Gasteiger partial charge in [0.15, 0.2) is 16.7 Å². The Kier molecular flexibility index (Phi) is 6.65. The second-order valence-electron chi connectivity index (χ2n) is 8.20. The molecule has 1 atom stereocenters. The number of methoxy groups -OCH3 is 2. The number of nitrogens with one attached hydrogen (secondary N) is 2. The van der Waals surface area contributed by atoms with Crippen molar-refractivity contribution in [3.05, 3.63) is 52.8 Å².